The zero-order valence-electron chi connectivity index (χ0n) is 7.21. The minimum absolute atomic E-state index is 0.00944. The van der Waals surface area contributed by atoms with Crippen molar-refractivity contribution in [2.24, 2.45) is 17.8 Å². The van der Waals surface area contributed by atoms with Crippen molar-refractivity contribution < 1.29 is 14.0 Å². The van der Waals surface area contributed by atoms with Crippen LogP contribution in [0.3, 0.4) is 0 Å². The number of halogens is 1. The molecule has 70 valence electrons. The molecule has 0 aromatic rings. The van der Waals surface area contributed by atoms with Gasteiger partial charge in [0.2, 0.25) is 5.91 Å². The van der Waals surface area contributed by atoms with E-state index in [4.69, 9.17) is 0 Å². The minimum atomic E-state index is -0.622. The highest BCUT2D eigenvalue weighted by atomic mass is 19.1. The summed E-state index contributed by atoms with van der Waals surface area (Å²) < 4.78 is 12.6. The fourth-order valence-corrected chi connectivity index (χ4v) is 1.99. The number of Topliss-reactive ketones (excluding diaryl/α,β-unsaturated/α-hetero) is 1. The first-order valence-corrected chi connectivity index (χ1v) is 4.27. The van der Waals surface area contributed by atoms with Crippen molar-refractivity contribution in [3.05, 3.63) is 11.9 Å². The molecule has 4 heteroatoms. The third-order valence-electron chi connectivity index (χ3n) is 2.81. The highest BCUT2D eigenvalue weighted by Gasteiger charge is 2.58. The van der Waals surface area contributed by atoms with Gasteiger partial charge in [0, 0.05) is 19.4 Å². The largest absolute Gasteiger partial charge is 0.359 e. The first-order valence-electron chi connectivity index (χ1n) is 4.27. The van der Waals surface area contributed by atoms with Crippen molar-refractivity contribution in [1.29, 1.82) is 0 Å². The summed E-state index contributed by atoms with van der Waals surface area (Å²) in [6.45, 7) is 0. The van der Waals surface area contributed by atoms with Crippen molar-refractivity contribution in [2.75, 3.05) is 7.05 Å². The maximum absolute atomic E-state index is 12.6. The van der Waals surface area contributed by atoms with Crippen molar-refractivity contribution in [3.8, 4) is 0 Å². The lowest BCUT2D eigenvalue weighted by atomic mass is 10.1. The summed E-state index contributed by atoms with van der Waals surface area (Å²) in [5.41, 5.74) is 0. The second kappa shape index (κ2) is 2.65. The second-order valence-electron chi connectivity index (χ2n) is 3.52. The molecule has 3 unspecified atom stereocenters. The number of amides is 1. The smallest absolute Gasteiger partial charge is 0.220 e. The van der Waals surface area contributed by atoms with E-state index in [-0.39, 0.29) is 23.7 Å². The van der Waals surface area contributed by atoms with Gasteiger partial charge in [-0.2, -0.15) is 0 Å². The van der Waals surface area contributed by atoms with Crippen molar-refractivity contribution in [3.63, 3.8) is 0 Å². The molecular formula is C9H10FNO2. The molecule has 0 heterocycles. The summed E-state index contributed by atoms with van der Waals surface area (Å²) in [6, 6.07) is 0. The Labute approximate surface area is 75.0 Å². The monoisotopic (exact) mass is 183 g/mol. The number of rotatable bonds is 2. The summed E-state index contributed by atoms with van der Waals surface area (Å²) in [4.78, 5) is 22.0. The molecule has 0 aromatic carbocycles. The molecule has 0 bridgehead atoms. The number of hydrogen-bond acceptors (Lipinski definition) is 2. The quantitative estimate of drug-likeness (QED) is 0.674. The fourth-order valence-electron chi connectivity index (χ4n) is 1.99. The highest BCUT2D eigenvalue weighted by molar-refractivity contribution is 6.01. The van der Waals surface area contributed by atoms with Crippen LogP contribution in [0.5, 0.6) is 0 Å². The van der Waals surface area contributed by atoms with E-state index in [1.54, 1.807) is 7.05 Å². The molecule has 1 N–H and O–H groups in total. The number of carbonyl (C=O) groups excluding carboxylic acids is 2. The van der Waals surface area contributed by atoms with Crippen LogP contribution in [0.4, 0.5) is 4.39 Å². The molecule has 3 atom stereocenters. The van der Waals surface area contributed by atoms with Gasteiger partial charge in [-0.05, 0) is 17.9 Å². The maximum Gasteiger partial charge on any atom is 0.220 e. The molecule has 13 heavy (non-hydrogen) atoms. The highest BCUT2D eigenvalue weighted by Crippen LogP contribution is 2.55. The van der Waals surface area contributed by atoms with Crippen LogP contribution in [0.25, 0.3) is 0 Å². The molecule has 3 nitrogen and oxygen atoms in total. The number of allylic oxidation sites excluding steroid dienone is 2. The Bertz CT molecular complexity index is 311. The van der Waals surface area contributed by atoms with Gasteiger partial charge in [0.15, 0.2) is 11.6 Å². The van der Waals surface area contributed by atoms with Gasteiger partial charge < -0.3 is 5.32 Å². The van der Waals surface area contributed by atoms with E-state index in [1.165, 1.54) is 6.08 Å². The molecule has 2 aliphatic rings. The summed E-state index contributed by atoms with van der Waals surface area (Å²) in [6.07, 6.45) is 1.68. The molecule has 0 radical (unpaired) electrons. The maximum atomic E-state index is 12.6. The summed E-state index contributed by atoms with van der Waals surface area (Å²) in [5.74, 6) is -1.32. The molecule has 0 spiro atoms. The van der Waals surface area contributed by atoms with E-state index in [1.807, 2.05) is 0 Å². The number of nitrogens with one attached hydrogen (secondary N) is 1. The Morgan fingerprint density at radius 2 is 2.38 bits per heavy atom. The van der Waals surface area contributed by atoms with Gasteiger partial charge in [-0.1, -0.05) is 0 Å². The lowest BCUT2D eigenvalue weighted by Crippen LogP contribution is -2.19. The van der Waals surface area contributed by atoms with Gasteiger partial charge in [0.1, 0.15) is 0 Å². The number of fused-ring (bicyclic) bond motifs is 1. The standard InChI is InChI=1S/C9H10FNO2/c1-11-7(12)3-5-4-2-6(10)9(13)8(4)5/h2,4-5,8H,3H2,1H3,(H,11,12). The Kier molecular flexibility index (Phi) is 1.71. The summed E-state index contributed by atoms with van der Waals surface area (Å²) in [5, 5.41) is 2.49. The van der Waals surface area contributed by atoms with Crippen molar-refractivity contribution in [2.45, 2.75) is 6.42 Å². The Hall–Kier alpha value is -1.19. The third kappa shape index (κ3) is 1.17. The SMILES string of the molecule is CNC(=O)CC1C2C=C(F)C(=O)C21. The molecular weight excluding hydrogens is 173 g/mol. The second-order valence-corrected chi connectivity index (χ2v) is 3.52. The van der Waals surface area contributed by atoms with Gasteiger partial charge in [0.05, 0.1) is 0 Å². The molecule has 0 aromatic heterocycles. The van der Waals surface area contributed by atoms with E-state index < -0.39 is 11.6 Å². The van der Waals surface area contributed by atoms with Gasteiger partial charge in [-0.15, -0.1) is 0 Å². The van der Waals surface area contributed by atoms with E-state index in [0.717, 1.165) is 0 Å². The topological polar surface area (TPSA) is 46.2 Å². The number of hydrogen-bond donors (Lipinski definition) is 1. The number of carbonyl (C=O) groups is 2. The predicted molar refractivity (Wildman–Crippen MR) is 43.4 cm³/mol. The molecule has 1 saturated carbocycles. The van der Waals surface area contributed by atoms with Crippen LogP contribution in [0.1, 0.15) is 6.42 Å². The van der Waals surface area contributed by atoms with Crippen LogP contribution in [0.15, 0.2) is 11.9 Å². The molecule has 0 saturated heterocycles. The zero-order valence-corrected chi connectivity index (χ0v) is 7.21. The van der Waals surface area contributed by atoms with Crippen LogP contribution in [0, 0.1) is 17.8 Å². The van der Waals surface area contributed by atoms with Gasteiger partial charge in [0.25, 0.3) is 0 Å². The Morgan fingerprint density at radius 1 is 1.69 bits per heavy atom. The van der Waals surface area contributed by atoms with E-state index in [2.05, 4.69) is 5.32 Å². The number of ketones is 1. The van der Waals surface area contributed by atoms with Crippen molar-refractivity contribution >= 4 is 11.7 Å². The van der Waals surface area contributed by atoms with Gasteiger partial charge in [-0.3, -0.25) is 9.59 Å². The minimum Gasteiger partial charge on any atom is -0.359 e. The summed E-state index contributed by atoms with van der Waals surface area (Å²) in [7, 11) is 1.55. The van der Waals surface area contributed by atoms with Crippen LogP contribution < -0.4 is 5.32 Å². The van der Waals surface area contributed by atoms with Crippen LogP contribution >= 0.6 is 0 Å². The normalized spacial score (nSPS) is 35.4. The summed E-state index contributed by atoms with van der Waals surface area (Å²) >= 11 is 0. The lowest BCUT2D eigenvalue weighted by Gasteiger charge is -1.99. The molecule has 0 aliphatic heterocycles. The van der Waals surface area contributed by atoms with Crippen LogP contribution in [0.2, 0.25) is 0 Å². The third-order valence-corrected chi connectivity index (χ3v) is 2.81. The lowest BCUT2D eigenvalue weighted by molar-refractivity contribution is -0.121. The van der Waals surface area contributed by atoms with E-state index in [9.17, 15) is 14.0 Å². The average molecular weight is 183 g/mol. The average Bonchev–Trinajstić information content (AvgIpc) is 2.67. The predicted octanol–water partition coefficient (Wildman–Crippen LogP) is 0.421. The first kappa shape index (κ1) is 8.41. The fraction of sp³-hybridized carbons (Fsp3) is 0.556. The van der Waals surface area contributed by atoms with E-state index in [0.29, 0.717) is 6.42 Å². The van der Waals surface area contributed by atoms with Crippen LogP contribution in [-0.2, 0) is 9.59 Å². The van der Waals surface area contributed by atoms with Gasteiger partial charge >= 0.3 is 0 Å². The first-order chi connectivity index (χ1) is 6.15. The molecule has 2 aliphatic carbocycles. The van der Waals surface area contributed by atoms with Gasteiger partial charge in [-0.25, -0.2) is 4.39 Å². The van der Waals surface area contributed by atoms with Crippen LogP contribution in [-0.4, -0.2) is 18.7 Å². The van der Waals surface area contributed by atoms with Crippen molar-refractivity contribution in [1.82, 2.24) is 5.32 Å². The Balaban J connectivity index is 1.97. The molecule has 2 rings (SSSR count). The zero-order chi connectivity index (χ0) is 9.59. The van der Waals surface area contributed by atoms with E-state index >= 15 is 0 Å². The Morgan fingerprint density at radius 3 is 2.85 bits per heavy atom. The molecule has 1 fully saturated rings. The molecule has 1 amide bonds.